The van der Waals surface area contributed by atoms with Gasteiger partial charge in [0, 0.05) is 0 Å². The van der Waals surface area contributed by atoms with Crippen molar-refractivity contribution in [2.24, 2.45) is 0 Å². The molecule has 0 spiro atoms. The maximum Gasteiger partial charge on any atom is -0.0382 e. The molecule has 0 aliphatic rings. The molecule has 0 aromatic rings. The zero-order valence-corrected chi connectivity index (χ0v) is 11.4. The van der Waals surface area contributed by atoms with E-state index in [9.17, 15) is 0 Å². The number of rotatable bonds is 1. The maximum absolute atomic E-state index is 3.48. The Labute approximate surface area is 93.4 Å². The summed E-state index contributed by atoms with van der Waals surface area (Å²) in [7, 11) is 0. The van der Waals surface area contributed by atoms with Crippen LogP contribution in [0.15, 0.2) is 38.5 Å². The largest absolute Gasteiger partial charge is 0.106 e. The van der Waals surface area contributed by atoms with Crippen molar-refractivity contribution in [3.63, 3.8) is 0 Å². The molecular weight excluding hydrogens is 168 g/mol. The van der Waals surface area contributed by atoms with Crippen LogP contribution in [0.5, 0.6) is 0 Å². The molecular formula is C14H32. The molecule has 0 saturated carbocycles. The van der Waals surface area contributed by atoms with Crippen LogP contribution in [-0.4, -0.2) is 0 Å². The molecule has 0 N–H and O–H groups in total. The molecule has 0 unspecified atom stereocenters. The van der Waals surface area contributed by atoms with Gasteiger partial charge < -0.3 is 0 Å². The second-order valence-electron chi connectivity index (χ2n) is 1.81. The van der Waals surface area contributed by atoms with Gasteiger partial charge in [0.15, 0.2) is 0 Å². The standard InChI is InChI=1S/C4H8.C3H8.C3H6.C2H6.C2H4/c1-3-4-2;2*1-3-2;2*1-2/h3H,1,4H2,2H3;3H2,1-2H3;3H,1H2,2H3;1-2H3;1-2H2. The van der Waals surface area contributed by atoms with Crippen LogP contribution >= 0.6 is 0 Å². The average Bonchev–Trinajstić information content (AvgIpc) is 2.26. The summed E-state index contributed by atoms with van der Waals surface area (Å²) in [5.74, 6) is 0. The summed E-state index contributed by atoms with van der Waals surface area (Å²) < 4.78 is 0. The summed E-state index contributed by atoms with van der Waals surface area (Å²) in [6, 6.07) is 0. The Morgan fingerprint density at radius 1 is 0.929 bits per heavy atom. The molecule has 0 heteroatoms. The maximum atomic E-state index is 3.48. The summed E-state index contributed by atoms with van der Waals surface area (Å²) in [4.78, 5) is 0. The van der Waals surface area contributed by atoms with Crippen molar-refractivity contribution in [1.82, 2.24) is 0 Å². The van der Waals surface area contributed by atoms with E-state index < -0.39 is 0 Å². The van der Waals surface area contributed by atoms with E-state index in [2.05, 4.69) is 47.1 Å². The molecule has 0 nitrogen and oxygen atoms in total. The SMILES string of the molecule is C=C.C=CC.C=CCC.CC.CCC. The van der Waals surface area contributed by atoms with Gasteiger partial charge in [0.2, 0.25) is 0 Å². The molecule has 14 heavy (non-hydrogen) atoms. The lowest BCUT2D eigenvalue weighted by atomic mass is 10.5. The van der Waals surface area contributed by atoms with E-state index in [1.807, 2.05) is 26.8 Å². The first kappa shape index (κ1) is 29.2. The van der Waals surface area contributed by atoms with E-state index in [-0.39, 0.29) is 0 Å². The minimum absolute atomic E-state index is 1.08. The summed E-state index contributed by atoms with van der Waals surface area (Å²) in [6.07, 6.45) is 5.96. The molecule has 0 atom stereocenters. The van der Waals surface area contributed by atoms with E-state index in [0.29, 0.717) is 0 Å². The molecule has 0 saturated heterocycles. The van der Waals surface area contributed by atoms with E-state index >= 15 is 0 Å². The third-order valence-electron chi connectivity index (χ3n) is 0.289. The summed E-state index contributed by atoms with van der Waals surface area (Å²) in [5.41, 5.74) is 0. The molecule has 0 aliphatic heterocycles. The summed E-state index contributed by atoms with van der Waals surface area (Å²) in [5, 5.41) is 0. The minimum atomic E-state index is 1.08. The van der Waals surface area contributed by atoms with Gasteiger partial charge in [-0.1, -0.05) is 53.2 Å². The first-order valence-corrected chi connectivity index (χ1v) is 5.42. The normalized spacial score (nSPS) is 4.71. The Bertz CT molecular complexity index is 53.1. The van der Waals surface area contributed by atoms with Gasteiger partial charge >= 0.3 is 0 Å². The molecule has 0 aromatic carbocycles. The fourth-order valence-corrected chi connectivity index (χ4v) is 0. The Morgan fingerprint density at radius 3 is 1.00 bits per heavy atom. The molecule has 0 radical (unpaired) electrons. The Kier molecular flexibility index (Phi) is 310. The Hall–Kier alpha value is -0.780. The van der Waals surface area contributed by atoms with Crippen LogP contribution in [0.1, 0.15) is 54.4 Å². The molecule has 0 rings (SSSR count). The van der Waals surface area contributed by atoms with Gasteiger partial charge in [-0.2, -0.15) is 0 Å². The summed E-state index contributed by atoms with van der Waals surface area (Å²) >= 11 is 0. The first-order valence-electron chi connectivity index (χ1n) is 5.42. The Morgan fingerprint density at radius 2 is 1.00 bits per heavy atom. The molecule has 88 valence electrons. The zero-order valence-electron chi connectivity index (χ0n) is 11.4. The smallest absolute Gasteiger partial charge is 0.0382 e. The van der Waals surface area contributed by atoms with Gasteiger partial charge in [-0.3, -0.25) is 0 Å². The molecule has 0 amide bonds. The fraction of sp³-hybridized carbons (Fsp3) is 0.571. The zero-order chi connectivity index (χ0) is 12.8. The van der Waals surface area contributed by atoms with Gasteiger partial charge in [0.25, 0.3) is 0 Å². The lowest BCUT2D eigenvalue weighted by Gasteiger charge is -1.57. The van der Waals surface area contributed by atoms with E-state index in [4.69, 9.17) is 0 Å². The molecule has 0 aromatic heterocycles. The highest BCUT2D eigenvalue weighted by Gasteiger charge is 1.45. The van der Waals surface area contributed by atoms with Crippen molar-refractivity contribution in [3.8, 4) is 0 Å². The van der Waals surface area contributed by atoms with Crippen molar-refractivity contribution in [1.29, 1.82) is 0 Å². The summed E-state index contributed by atoms with van der Waals surface area (Å²) in [6.45, 7) is 25.0. The van der Waals surface area contributed by atoms with Crippen LogP contribution in [0.4, 0.5) is 0 Å². The second kappa shape index (κ2) is 148. The van der Waals surface area contributed by atoms with Crippen molar-refractivity contribution >= 4 is 0 Å². The topological polar surface area (TPSA) is 0 Å². The number of hydrogen-bond donors (Lipinski definition) is 0. The highest BCUT2D eigenvalue weighted by molar-refractivity contribution is 4.60. The Balaban J connectivity index is -0.0000000249. The van der Waals surface area contributed by atoms with Gasteiger partial charge in [0.05, 0.1) is 0 Å². The van der Waals surface area contributed by atoms with Crippen LogP contribution < -0.4 is 0 Å². The second-order valence-corrected chi connectivity index (χ2v) is 1.81. The fourth-order valence-electron chi connectivity index (χ4n) is 0. The van der Waals surface area contributed by atoms with Gasteiger partial charge in [-0.25, -0.2) is 0 Å². The van der Waals surface area contributed by atoms with Crippen LogP contribution in [0, 0.1) is 0 Å². The minimum Gasteiger partial charge on any atom is -0.106 e. The highest BCUT2D eigenvalue weighted by Crippen LogP contribution is 1.66. The van der Waals surface area contributed by atoms with Crippen molar-refractivity contribution in [2.45, 2.75) is 54.4 Å². The predicted octanol–water partition coefficient (Wildman–Crippen LogP) is 6.02. The van der Waals surface area contributed by atoms with Gasteiger partial charge in [-0.15, -0.1) is 26.3 Å². The van der Waals surface area contributed by atoms with Gasteiger partial charge in [0.1, 0.15) is 0 Å². The van der Waals surface area contributed by atoms with E-state index in [1.165, 1.54) is 6.42 Å². The third kappa shape index (κ3) is 24200. The quantitative estimate of drug-likeness (QED) is 0.454. The van der Waals surface area contributed by atoms with Crippen molar-refractivity contribution in [2.75, 3.05) is 0 Å². The number of allylic oxidation sites excluding steroid dienone is 2. The molecule has 0 heterocycles. The monoisotopic (exact) mass is 200 g/mol. The molecule has 0 aliphatic carbocycles. The first-order chi connectivity index (χ1) is 6.74. The van der Waals surface area contributed by atoms with Crippen LogP contribution in [0.2, 0.25) is 0 Å². The number of hydrogen-bond acceptors (Lipinski definition) is 0. The van der Waals surface area contributed by atoms with Crippen LogP contribution in [0.25, 0.3) is 0 Å². The van der Waals surface area contributed by atoms with E-state index in [0.717, 1.165) is 6.42 Å². The predicted molar refractivity (Wildman–Crippen MR) is 74.9 cm³/mol. The van der Waals surface area contributed by atoms with Gasteiger partial charge in [-0.05, 0) is 13.3 Å². The molecule has 0 fully saturated rings. The lowest BCUT2D eigenvalue weighted by Crippen LogP contribution is -1.36. The van der Waals surface area contributed by atoms with Crippen molar-refractivity contribution < 1.29 is 0 Å². The average molecular weight is 200 g/mol. The molecule has 0 bridgehead atoms. The van der Waals surface area contributed by atoms with Crippen LogP contribution in [0.3, 0.4) is 0 Å². The van der Waals surface area contributed by atoms with Crippen LogP contribution in [-0.2, 0) is 0 Å². The lowest BCUT2D eigenvalue weighted by molar-refractivity contribution is 1.09. The third-order valence-corrected chi connectivity index (χ3v) is 0.289. The highest BCUT2D eigenvalue weighted by atomic mass is 13.5. The van der Waals surface area contributed by atoms with E-state index in [1.54, 1.807) is 6.08 Å². The van der Waals surface area contributed by atoms with Crippen molar-refractivity contribution in [3.05, 3.63) is 38.5 Å².